The zero-order valence-electron chi connectivity index (χ0n) is 11.8. The van der Waals surface area contributed by atoms with E-state index in [0.717, 1.165) is 5.56 Å². The van der Waals surface area contributed by atoms with E-state index < -0.39 is 17.5 Å². The van der Waals surface area contributed by atoms with Crippen molar-refractivity contribution in [1.29, 1.82) is 0 Å². The van der Waals surface area contributed by atoms with Gasteiger partial charge < -0.3 is 4.74 Å². The van der Waals surface area contributed by atoms with Crippen LogP contribution in [0.2, 0.25) is 0 Å². The van der Waals surface area contributed by atoms with Crippen molar-refractivity contribution in [3.8, 4) is 11.3 Å². The van der Waals surface area contributed by atoms with Gasteiger partial charge >= 0.3 is 11.9 Å². The largest absolute Gasteiger partial charge is 0.461 e. The van der Waals surface area contributed by atoms with Gasteiger partial charge in [-0.2, -0.15) is 8.78 Å². The molecule has 5 heteroatoms. The summed E-state index contributed by atoms with van der Waals surface area (Å²) in [6.07, 6.45) is 1.70. The molecule has 110 valence electrons. The highest BCUT2D eigenvalue weighted by molar-refractivity contribution is 5.79. The number of aryl methyl sites for hydroxylation is 1. The molecule has 21 heavy (non-hydrogen) atoms. The lowest BCUT2D eigenvalue weighted by molar-refractivity contribution is -0.173. The Labute approximate surface area is 121 Å². The Bertz CT molecular complexity index is 622. The second-order valence-electron chi connectivity index (χ2n) is 4.59. The molecule has 1 aromatic heterocycles. The molecule has 0 amide bonds. The van der Waals surface area contributed by atoms with Crippen LogP contribution in [0.3, 0.4) is 0 Å². The van der Waals surface area contributed by atoms with Gasteiger partial charge in [0.2, 0.25) is 0 Å². The van der Waals surface area contributed by atoms with E-state index in [4.69, 9.17) is 0 Å². The lowest BCUT2D eigenvalue weighted by Crippen LogP contribution is -2.28. The number of halogens is 2. The van der Waals surface area contributed by atoms with Gasteiger partial charge in [-0.3, -0.25) is 4.98 Å². The summed E-state index contributed by atoms with van der Waals surface area (Å²) in [6.45, 7) is 3.32. The SMILES string of the molecule is CCOC(=O)C(F)(F)c1ccc(-c2ccc(C)cn2)cc1. The molecule has 0 atom stereocenters. The van der Waals surface area contributed by atoms with Crippen molar-refractivity contribution in [3.05, 3.63) is 53.7 Å². The highest BCUT2D eigenvalue weighted by Crippen LogP contribution is 2.31. The predicted molar refractivity (Wildman–Crippen MR) is 74.9 cm³/mol. The number of alkyl halides is 2. The van der Waals surface area contributed by atoms with Gasteiger partial charge in [0.1, 0.15) is 0 Å². The van der Waals surface area contributed by atoms with Gasteiger partial charge in [0.05, 0.1) is 12.3 Å². The number of benzene rings is 1. The molecule has 0 N–H and O–H groups in total. The number of hydrogen-bond acceptors (Lipinski definition) is 3. The van der Waals surface area contributed by atoms with Crippen molar-refractivity contribution in [1.82, 2.24) is 4.98 Å². The maximum Gasteiger partial charge on any atom is 0.381 e. The monoisotopic (exact) mass is 291 g/mol. The van der Waals surface area contributed by atoms with Crippen LogP contribution >= 0.6 is 0 Å². The lowest BCUT2D eigenvalue weighted by Gasteiger charge is -2.15. The van der Waals surface area contributed by atoms with E-state index in [9.17, 15) is 13.6 Å². The molecule has 0 bridgehead atoms. The van der Waals surface area contributed by atoms with E-state index >= 15 is 0 Å². The molecule has 0 saturated carbocycles. The van der Waals surface area contributed by atoms with Gasteiger partial charge in [-0.15, -0.1) is 0 Å². The Morgan fingerprint density at radius 3 is 2.38 bits per heavy atom. The number of rotatable bonds is 4. The quantitative estimate of drug-likeness (QED) is 0.806. The third-order valence-corrected chi connectivity index (χ3v) is 2.99. The summed E-state index contributed by atoms with van der Waals surface area (Å²) in [5.74, 6) is -5.18. The number of carbonyl (C=O) groups excluding carboxylic acids is 1. The maximum atomic E-state index is 13.8. The molecule has 0 unspecified atom stereocenters. The molecule has 0 fully saturated rings. The summed E-state index contributed by atoms with van der Waals surface area (Å²) < 4.78 is 32.1. The second-order valence-corrected chi connectivity index (χ2v) is 4.59. The molecule has 2 aromatic rings. The molecule has 2 rings (SSSR count). The maximum absolute atomic E-state index is 13.8. The summed E-state index contributed by atoms with van der Waals surface area (Å²) in [7, 11) is 0. The molecule has 0 radical (unpaired) electrons. The molecular weight excluding hydrogens is 276 g/mol. The fourth-order valence-corrected chi connectivity index (χ4v) is 1.83. The van der Waals surface area contributed by atoms with Gasteiger partial charge in [-0.1, -0.05) is 30.3 Å². The van der Waals surface area contributed by atoms with Crippen LogP contribution in [-0.4, -0.2) is 17.6 Å². The van der Waals surface area contributed by atoms with Crippen molar-refractivity contribution in [3.63, 3.8) is 0 Å². The van der Waals surface area contributed by atoms with Crippen molar-refractivity contribution >= 4 is 5.97 Å². The Balaban J connectivity index is 2.26. The molecule has 0 spiro atoms. The molecule has 0 aliphatic heterocycles. The zero-order valence-corrected chi connectivity index (χ0v) is 11.8. The first-order chi connectivity index (χ1) is 9.95. The number of hydrogen-bond donors (Lipinski definition) is 0. The van der Waals surface area contributed by atoms with Crippen LogP contribution in [0.1, 0.15) is 18.1 Å². The number of ether oxygens (including phenoxy) is 1. The Hall–Kier alpha value is -2.30. The summed E-state index contributed by atoms with van der Waals surface area (Å²) in [5, 5.41) is 0. The minimum absolute atomic E-state index is 0.0835. The Morgan fingerprint density at radius 2 is 1.86 bits per heavy atom. The summed E-state index contributed by atoms with van der Waals surface area (Å²) in [6, 6.07) is 9.17. The van der Waals surface area contributed by atoms with Crippen LogP contribution < -0.4 is 0 Å². The standard InChI is InChI=1S/C16H15F2NO2/c1-3-21-15(20)16(17,18)13-7-5-12(6-8-13)14-9-4-11(2)10-19-14/h4-10H,3H2,1-2H3. The fraction of sp³-hybridized carbons (Fsp3) is 0.250. The van der Waals surface area contributed by atoms with E-state index in [1.165, 1.54) is 31.2 Å². The number of aromatic nitrogens is 1. The average Bonchev–Trinajstić information content (AvgIpc) is 2.48. The van der Waals surface area contributed by atoms with Crippen LogP contribution in [0.15, 0.2) is 42.6 Å². The molecule has 1 heterocycles. The van der Waals surface area contributed by atoms with E-state index in [1.54, 1.807) is 6.20 Å². The van der Waals surface area contributed by atoms with Crippen LogP contribution in [0, 0.1) is 6.92 Å². The Kier molecular flexibility index (Phi) is 4.31. The van der Waals surface area contributed by atoms with E-state index in [0.29, 0.717) is 11.3 Å². The number of carbonyl (C=O) groups is 1. The van der Waals surface area contributed by atoms with Crippen molar-refractivity contribution in [2.75, 3.05) is 6.61 Å². The highest BCUT2D eigenvalue weighted by Gasteiger charge is 2.42. The highest BCUT2D eigenvalue weighted by atomic mass is 19.3. The molecule has 0 saturated heterocycles. The van der Waals surface area contributed by atoms with E-state index in [2.05, 4.69) is 9.72 Å². The number of nitrogens with zero attached hydrogens (tertiary/aromatic N) is 1. The van der Waals surface area contributed by atoms with Gasteiger partial charge in [0.15, 0.2) is 0 Å². The third kappa shape index (κ3) is 3.24. The van der Waals surface area contributed by atoms with Crippen molar-refractivity contribution in [2.45, 2.75) is 19.8 Å². The van der Waals surface area contributed by atoms with Crippen LogP contribution in [0.4, 0.5) is 8.78 Å². The van der Waals surface area contributed by atoms with Crippen LogP contribution in [-0.2, 0) is 15.5 Å². The summed E-state index contributed by atoms with van der Waals surface area (Å²) in [5.41, 5.74) is 2.02. The summed E-state index contributed by atoms with van der Waals surface area (Å²) in [4.78, 5) is 15.5. The first kappa shape index (κ1) is 15.1. The molecule has 0 aliphatic carbocycles. The molecular formula is C16H15F2NO2. The van der Waals surface area contributed by atoms with Gasteiger partial charge in [0.25, 0.3) is 0 Å². The first-order valence-corrected chi connectivity index (χ1v) is 6.53. The minimum Gasteiger partial charge on any atom is -0.461 e. The molecule has 1 aromatic carbocycles. The molecule has 0 aliphatic rings. The number of esters is 1. The normalized spacial score (nSPS) is 11.2. The van der Waals surface area contributed by atoms with Crippen molar-refractivity contribution in [2.24, 2.45) is 0 Å². The smallest absolute Gasteiger partial charge is 0.381 e. The van der Waals surface area contributed by atoms with Crippen LogP contribution in [0.5, 0.6) is 0 Å². The second kappa shape index (κ2) is 5.99. The fourth-order valence-electron chi connectivity index (χ4n) is 1.83. The topological polar surface area (TPSA) is 39.2 Å². The summed E-state index contributed by atoms with van der Waals surface area (Å²) >= 11 is 0. The van der Waals surface area contributed by atoms with E-state index in [-0.39, 0.29) is 6.61 Å². The zero-order chi connectivity index (χ0) is 15.5. The third-order valence-electron chi connectivity index (χ3n) is 2.99. The lowest BCUT2D eigenvalue weighted by atomic mass is 10.0. The van der Waals surface area contributed by atoms with E-state index in [1.807, 2.05) is 19.1 Å². The Morgan fingerprint density at radius 1 is 1.19 bits per heavy atom. The van der Waals surface area contributed by atoms with Gasteiger partial charge in [-0.05, 0) is 25.5 Å². The van der Waals surface area contributed by atoms with Crippen molar-refractivity contribution < 1.29 is 18.3 Å². The van der Waals surface area contributed by atoms with Gasteiger partial charge in [0, 0.05) is 17.3 Å². The average molecular weight is 291 g/mol. The minimum atomic E-state index is -3.64. The first-order valence-electron chi connectivity index (χ1n) is 6.53. The van der Waals surface area contributed by atoms with Gasteiger partial charge in [-0.25, -0.2) is 4.79 Å². The predicted octanol–water partition coefficient (Wildman–Crippen LogP) is 3.71. The number of pyridine rings is 1. The van der Waals surface area contributed by atoms with Crippen LogP contribution in [0.25, 0.3) is 11.3 Å². The molecule has 3 nitrogen and oxygen atoms in total.